The van der Waals surface area contributed by atoms with E-state index in [0.717, 1.165) is 17.9 Å². The lowest BCUT2D eigenvalue weighted by Crippen LogP contribution is -2.40. The van der Waals surface area contributed by atoms with Crippen molar-refractivity contribution in [2.24, 2.45) is 0 Å². The zero-order valence-electron chi connectivity index (χ0n) is 15.2. The van der Waals surface area contributed by atoms with Crippen molar-refractivity contribution in [3.8, 4) is 0 Å². The van der Waals surface area contributed by atoms with E-state index in [9.17, 15) is 0 Å². The van der Waals surface area contributed by atoms with Gasteiger partial charge in [-0.3, -0.25) is 0 Å². The van der Waals surface area contributed by atoms with Crippen LogP contribution in [0.5, 0.6) is 0 Å². The van der Waals surface area contributed by atoms with Gasteiger partial charge in [0.05, 0.1) is 19.3 Å². The molecule has 1 aliphatic heterocycles. The highest BCUT2D eigenvalue weighted by molar-refractivity contribution is 6.35. The standard InChI is InChI=1S/C21H20Cl2N4O/c22-17-7-6-16(18(23)12-17)13-25-21-24-9-8-20(26-21)27-10-11-28-14-19(27)15-4-2-1-3-5-15/h1-9,12,19H,10-11,13-14H2,(H,24,25,26). The van der Waals surface area contributed by atoms with Gasteiger partial charge in [0.15, 0.2) is 0 Å². The summed E-state index contributed by atoms with van der Waals surface area (Å²) in [5, 5.41) is 4.48. The normalized spacial score (nSPS) is 16.8. The van der Waals surface area contributed by atoms with Crippen LogP contribution in [0.15, 0.2) is 60.8 Å². The first-order valence-electron chi connectivity index (χ1n) is 9.11. The smallest absolute Gasteiger partial charge is 0.224 e. The van der Waals surface area contributed by atoms with Gasteiger partial charge in [-0.05, 0) is 29.3 Å². The number of hydrogen-bond donors (Lipinski definition) is 1. The van der Waals surface area contributed by atoms with Crippen molar-refractivity contribution in [1.29, 1.82) is 0 Å². The summed E-state index contributed by atoms with van der Waals surface area (Å²) in [6.07, 6.45) is 1.77. The van der Waals surface area contributed by atoms with Crippen LogP contribution in [-0.2, 0) is 11.3 Å². The molecule has 4 rings (SSSR count). The number of ether oxygens (including phenoxy) is 1. The van der Waals surface area contributed by atoms with Gasteiger partial charge >= 0.3 is 0 Å². The van der Waals surface area contributed by atoms with Gasteiger partial charge in [0.25, 0.3) is 0 Å². The van der Waals surface area contributed by atoms with Crippen LogP contribution in [0.1, 0.15) is 17.2 Å². The molecule has 0 radical (unpaired) electrons. The molecule has 0 spiro atoms. The molecule has 7 heteroatoms. The first-order chi connectivity index (χ1) is 13.7. The van der Waals surface area contributed by atoms with E-state index in [2.05, 4.69) is 27.3 Å². The number of nitrogens with zero attached hydrogens (tertiary/aromatic N) is 3. The number of hydrogen-bond acceptors (Lipinski definition) is 5. The second kappa shape index (κ2) is 8.78. The molecule has 1 atom stereocenters. The fourth-order valence-corrected chi connectivity index (χ4v) is 3.74. The summed E-state index contributed by atoms with van der Waals surface area (Å²) in [5.74, 6) is 1.43. The molecule has 0 aliphatic carbocycles. The second-order valence-corrected chi connectivity index (χ2v) is 7.37. The topological polar surface area (TPSA) is 50.3 Å². The van der Waals surface area contributed by atoms with Crippen molar-refractivity contribution < 1.29 is 4.74 Å². The Morgan fingerprint density at radius 3 is 2.79 bits per heavy atom. The van der Waals surface area contributed by atoms with Crippen LogP contribution < -0.4 is 10.2 Å². The minimum atomic E-state index is 0.128. The van der Waals surface area contributed by atoms with Crippen LogP contribution in [0, 0.1) is 0 Å². The molecule has 0 bridgehead atoms. The fourth-order valence-electron chi connectivity index (χ4n) is 3.26. The minimum absolute atomic E-state index is 0.128. The summed E-state index contributed by atoms with van der Waals surface area (Å²) in [6, 6.07) is 17.9. The van der Waals surface area contributed by atoms with Gasteiger partial charge in [-0.15, -0.1) is 0 Å². The SMILES string of the molecule is Clc1ccc(CNc2nccc(N3CCOCC3c3ccccc3)n2)c(Cl)c1. The van der Waals surface area contributed by atoms with Gasteiger partial charge < -0.3 is 15.0 Å². The summed E-state index contributed by atoms with van der Waals surface area (Å²) in [5.41, 5.74) is 2.15. The molecule has 28 heavy (non-hydrogen) atoms. The molecule has 3 aromatic rings. The molecular weight excluding hydrogens is 395 g/mol. The van der Waals surface area contributed by atoms with E-state index in [4.69, 9.17) is 32.9 Å². The van der Waals surface area contributed by atoms with Crippen LogP contribution in [0.4, 0.5) is 11.8 Å². The molecule has 144 valence electrons. The number of nitrogens with one attached hydrogen (secondary N) is 1. The largest absolute Gasteiger partial charge is 0.377 e. The lowest BCUT2D eigenvalue weighted by atomic mass is 10.1. The van der Waals surface area contributed by atoms with E-state index in [1.807, 2.05) is 36.4 Å². The third-order valence-electron chi connectivity index (χ3n) is 4.70. The van der Waals surface area contributed by atoms with E-state index in [0.29, 0.717) is 35.8 Å². The molecule has 1 saturated heterocycles. The Hall–Kier alpha value is -2.34. The van der Waals surface area contributed by atoms with Gasteiger partial charge in [-0.1, -0.05) is 59.6 Å². The molecule has 1 unspecified atom stereocenters. The summed E-state index contributed by atoms with van der Waals surface area (Å²) in [6.45, 7) is 2.61. The summed E-state index contributed by atoms with van der Waals surface area (Å²) in [4.78, 5) is 11.3. The predicted octanol–water partition coefficient (Wildman–Crippen LogP) is 4.97. The molecule has 1 N–H and O–H groups in total. The number of anilines is 2. The van der Waals surface area contributed by atoms with Crippen molar-refractivity contribution in [3.05, 3.63) is 82.0 Å². The molecule has 1 fully saturated rings. The Morgan fingerprint density at radius 2 is 1.96 bits per heavy atom. The van der Waals surface area contributed by atoms with E-state index in [1.54, 1.807) is 12.3 Å². The van der Waals surface area contributed by atoms with Gasteiger partial charge in [0.2, 0.25) is 5.95 Å². The predicted molar refractivity (Wildman–Crippen MR) is 113 cm³/mol. The number of aromatic nitrogens is 2. The third-order valence-corrected chi connectivity index (χ3v) is 5.29. The highest BCUT2D eigenvalue weighted by Gasteiger charge is 2.25. The number of morpholine rings is 1. The Kier molecular flexibility index (Phi) is 5.95. The van der Waals surface area contributed by atoms with Crippen molar-refractivity contribution in [2.45, 2.75) is 12.6 Å². The average Bonchev–Trinajstić information content (AvgIpc) is 2.74. The van der Waals surface area contributed by atoms with Crippen LogP contribution >= 0.6 is 23.2 Å². The molecule has 2 heterocycles. The van der Waals surface area contributed by atoms with Crippen LogP contribution in [-0.4, -0.2) is 29.7 Å². The van der Waals surface area contributed by atoms with Gasteiger partial charge in [0, 0.05) is 29.3 Å². The molecular formula is C21H20Cl2N4O. The van der Waals surface area contributed by atoms with Crippen molar-refractivity contribution in [3.63, 3.8) is 0 Å². The Labute approximate surface area is 174 Å². The van der Waals surface area contributed by atoms with E-state index >= 15 is 0 Å². The Morgan fingerprint density at radius 1 is 1.11 bits per heavy atom. The van der Waals surface area contributed by atoms with E-state index in [1.165, 1.54) is 5.56 Å². The minimum Gasteiger partial charge on any atom is -0.377 e. The number of benzene rings is 2. The average molecular weight is 415 g/mol. The molecule has 0 amide bonds. The second-order valence-electron chi connectivity index (χ2n) is 6.52. The first kappa shape index (κ1) is 19.0. The summed E-state index contributed by atoms with van der Waals surface area (Å²) in [7, 11) is 0. The third kappa shape index (κ3) is 4.38. The summed E-state index contributed by atoms with van der Waals surface area (Å²) < 4.78 is 5.72. The first-order valence-corrected chi connectivity index (χ1v) is 9.86. The van der Waals surface area contributed by atoms with Crippen molar-refractivity contribution in [2.75, 3.05) is 30.0 Å². The Bertz CT molecular complexity index is 939. The quantitative estimate of drug-likeness (QED) is 0.638. The maximum atomic E-state index is 6.25. The van der Waals surface area contributed by atoms with Gasteiger partial charge in [-0.2, -0.15) is 4.98 Å². The number of halogens is 2. The van der Waals surface area contributed by atoms with Crippen LogP contribution in [0.2, 0.25) is 10.0 Å². The molecule has 5 nitrogen and oxygen atoms in total. The maximum absolute atomic E-state index is 6.25. The van der Waals surface area contributed by atoms with Crippen molar-refractivity contribution in [1.82, 2.24) is 9.97 Å². The van der Waals surface area contributed by atoms with Crippen LogP contribution in [0.3, 0.4) is 0 Å². The molecule has 2 aromatic carbocycles. The molecule has 1 aliphatic rings. The van der Waals surface area contributed by atoms with E-state index in [-0.39, 0.29) is 6.04 Å². The summed E-state index contributed by atoms with van der Waals surface area (Å²) >= 11 is 12.2. The molecule has 0 saturated carbocycles. The zero-order valence-corrected chi connectivity index (χ0v) is 16.7. The lowest BCUT2D eigenvalue weighted by Gasteiger charge is -2.36. The zero-order chi connectivity index (χ0) is 19.3. The lowest BCUT2D eigenvalue weighted by molar-refractivity contribution is 0.0937. The van der Waals surface area contributed by atoms with Gasteiger partial charge in [0.1, 0.15) is 5.82 Å². The van der Waals surface area contributed by atoms with E-state index < -0.39 is 0 Å². The maximum Gasteiger partial charge on any atom is 0.224 e. The van der Waals surface area contributed by atoms with Gasteiger partial charge in [-0.25, -0.2) is 4.98 Å². The van der Waals surface area contributed by atoms with Crippen molar-refractivity contribution >= 4 is 35.0 Å². The monoisotopic (exact) mass is 414 g/mol. The number of rotatable bonds is 5. The highest BCUT2D eigenvalue weighted by Crippen LogP contribution is 2.29. The molecule has 1 aromatic heterocycles. The Balaban J connectivity index is 1.52. The highest BCUT2D eigenvalue weighted by atomic mass is 35.5. The fraction of sp³-hybridized carbons (Fsp3) is 0.238. The van der Waals surface area contributed by atoms with Crippen LogP contribution in [0.25, 0.3) is 0 Å².